The highest BCUT2D eigenvalue weighted by Gasteiger charge is 1.97. The fraction of sp³-hybridized carbons (Fsp3) is 1.00. The lowest BCUT2D eigenvalue weighted by Gasteiger charge is -2.05. The second-order valence-corrected chi connectivity index (χ2v) is 5.46. The Labute approximate surface area is 104 Å². The molecule has 0 unspecified atom stereocenters. The van der Waals surface area contributed by atoms with E-state index >= 15 is 0 Å². The summed E-state index contributed by atoms with van der Waals surface area (Å²) >= 11 is 0. The van der Waals surface area contributed by atoms with Crippen LogP contribution in [-0.4, -0.2) is 7.28 Å². The molecule has 0 aliphatic carbocycles. The summed E-state index contributed by atoms with van der Waals surface area (Å²) < 4.78 is 0. The van der Waals surface area contributed by atoms with Crippen LogP contribution in [0.25, 0.3) is 0 Å². The van der Waals surface area contributed by atoms with Gasteiger partial charge < -0.3 is 0 Å². The van der Waals surface area contributed by atoms with Gasteiger partial charge in [-0.25, -0.2) is 0 Å². The molecule has 1 saturated heterocycles. The van der Waals surface area contributed by atoms with E-state index in [2.05, 4.69) is 7.28 Å². The topological polar surface area (TPSA) is 0 Å². The first-order valence-electron chi connectivity index (χ1n) is 7.82. The first-order chi connectivity index (χ1) is 8.00. The van der Waals surface area contributed by atoms with E-state index in [4.69, 9.17) is 0 Å². The monoisotopic (exact) mass is 221 g/mol. The molecular weight excluding hydrogens is 191 g/mol. The number of hydrogen-bond donors (Lipinski definition) is 0. The van der Waals surface area contributed by atoms with E-state index in [1.165, 1.54) is 96.1 Å². The zero-order valence-corrected chi connectivity index (χ0v) is 11.2. The maximum absolute atomic E-state index is 2.53. The molecule has 1 aliphatic heterocycles. The molecule has 1 aliphatic rings. The van der Waals surface area contributed by atoms with Gasteiger partial charge in [0.05, 0.1) is 0 Å². The van der Waals surface area contributed by atoms with Crippen molar-refractivity contribution < 1.29 is 0 Å². The summed E-state index contributed by atoms with van der Waals surface area (Å²) in [7, 11) is 2.53. The second kappa shape index (κ2) is 11.5. The van der Waals surface area contributed by atoms with Gasteiger partial charge in [-0.2, -0.15) is 0 Å². The third kappa shape index (κ3) is 9.30. The van der Waals surface area contributed by atoms with Gasteiger partial charge in [-0.3, -0.25) is 0 Å². The van der Waals surface area contributed by atoms with Gasteiger partial charge in [-0.05, 0) is 0 Å². The van der Waals surface area contributed by atoms with Gasteiger partial charge in [0.15, 0.2) is 0 Å². The summed E-state index contributed by atoms with van der Waals surface area (Å²) in [5, 5.41) is 0. The third-order valence-corrected chi connectivity index (χ3v) is 3.82. The molecule has 0 aromatic rings. The Hall–Kier alpha value is 0.0649. The van der Waals surface area contributed by atoms with Crippen molar-refractivity contribution in [1.29, 1.82) is 0 Å². The minimum atomic E-state index is 1.38. The Balaban J connectivity index is 2.00. The third-order valence-electron chi connectivity index (χ3n) is 3.82. The molecule has 1 fully saturated rings. The highest BCUT2D eigenvalue weighted by Crippen LogP contribution is 2.14. The van der Waals surface area contributed by atoms with E-state index in [1.807, 2.05) is 0 Å². The Bertz CT molecular complexity index is 69.4. The Morgan fingerprint density at radius 2 is 0.562 bits per heavy atom. The normalized spacial score (nSPS) is 23.5. The molecule has 1 heterocycles. The maximum Gasteiger partial charge on any atom is 0.109 e. The first-order valence-corrected chi connectivity index (χ1v) is 7.82. The average molecular weight is 221 g/mol. The van der Waals surface area contributed by atoms with Crippen molar-refractivity contribution in [3.05, 3.63) is 0 Å². The van der Waals surface area contributed by atoms with Crippen molar-refractivity contribution in [2.45, 2.75) is 96.1 Å². The largest absolute Gasteiger partial charge is 0.109 e. The highest BCUT2D eigenvalue weighted by molar-refractivity contribution is 6.35. The molecule has 93 valence electrons. The van der Waals surface area contributed by atoms with E-state index in [-0.39, 0.29) is 0 Å². The zero-order chi connectivity index (χ0) is 11.3. The van der Waals surface area contributed by atoms with Gasteiger partial charge in [0, 0.05) is 0 Å². The molecule has 0 amide bonds. The predicted octanol–water partition coefficient (Wildman–Crippen LogP) is 5.61. The summed E-state index contributed by atoms with van der Waals surface area (Å²) in [5.74, 6) is 0. The van der Waals surface area contributed by atoms with E-state index in [1.54, 1.807) is 0 Å². The van der Waals surface area contributed by atoms with Crippen molar-refractivity contribution in [3.8, 4) is 0 Å². The number of rotatable bonds is 0. The fourth-order valence-corrected chi connectivity index (χ4v) is 2.67. The summed E-state index contributed by atoms with van der Waals surface area (Å²) in [5.41, 5.74) is 0. The predicted molar refractivity (Wildman–Crippen MR) is 75.4 cm³/mol. The van der Waals surface area contributed by atoms with Gasteiger partial charge in [0.25, 0.3) is 0 Å². The molecule has 0 saturated carbocycles. The molecule has 0 N–H and O–H groups in total. The molecule has 0 bridgehead atoms. The van der Waals surface area contributed by atoms with Crippen LogP contribution in [0.1, 0.15) is 83.5 Å². The van der Waals surface area contributed by atoms with E-state index in [0.29, 0.717) is 0 Å². The van der Waals surface area contributed by atoms with Crippen LogP contribution in [-0.2, 0) is 0 Å². The van der Waals surface area contributed by atoms with Crippen molar-refractivity contribution in [2.24, 2.45) is 0 Å². The molecule has 16 heavy (non-hydrogen) atoms. The maximum atomic E-state index is 2.53. The first kappa shape index (κ1) is 14.1. The minimum Gasteiger partial charge on any atom is -0.0803 e. The van der Waals surface area contributed by atoms with Gasteiger partial charge in [0.2, 0.25) is 0 Å². The lowest BCUT2D eigenvalue weighted by Crippen LogP contribution is -1.91. The van der Waals surface area contributed by atoms with Crippen LogP contribution in [0.2, 0.25) is 12.6 Å². The smallest absolute Gasteiger partial charge is 0.0803 e. The van der Waals surface area contributed by atoms with Crippen LogP contribution in [0.5, 0.6) is 0 Å². The molecule has 0 atom stereocenters. The SMILES string of the molecule is [B]1CCCCCCCCCCCCCCC1. The Morgan fingerprint density at radius 3 is 0.875 bits per heavy atom. The summed E-state index contributed by atoms with van der Waals surface area (Å²) in [6.45, 7) is 0. The molecule has 1 radical (unpaired) electrons. The molecule has 1 rings (SSSR count). The van der Waals surface area contributed by atoms with Crippen LogP contribution in [0.4, 0.5) is 0 Å². The van der Waals surface area contributed by atoms with Crippen LogP contribution in [0.15, 0.2) is 0 Å². The molecule has 0 aromatic carbocycles. The van der Waals surface area contributed by atoms with E-state index < -0.39 is 0 Å². The summed E-state index contributed by atoms with van der Waals surface area (Å²) in [6, 6.07) is 0. The molecule has 0 nitrogen and oxygen atoms in total. The molecular formula is C15H30B. The molecule has 0 spiro atoms. The van der Waals surface area contributed by atoms with Gasteiger partial charge in [-0.1, -0.05) is 96.1 Å². The fourth-order valence-electron chi connectivity index (χ4n) is 2.67. The van der Waals surface area contributed by atoms with Crippen molar-refractivity contribution in [2.75, 3.05) is 0 Å². The van der Waals surface area contributed by atoms with Gasteiger partial charge in [-0.15, -0.1) is 0 Å². The molecule has 1 heteroatoms. The quantitative estimate of drug-likeness (QED) is 0.466. The van der Waals surface area contributed by atoms with Crippen molar-refractivity contribution >= 4 is 7.28 Å². The Morgan fingerprint density at radius 1 is 0.312 bits per heavy atom. The van der Waals surface area contributed by atoms with Crippen LogP contribution in [0, 0.1) is 0 Å². The summed E-state index contributed by atoms with van der Waals surface area (Å²) in [4.78, 5) is 0. The lowest BCUT2D eigenvalue weighted by atomic mass is 9.68. The van der Waals surface area contributed by atoms with Crippen molar-refractivity contribution in [3.63, 3.8) is 0 Å². The molecule has 0 aromatic heterocycles. The minimum absolute atomic E-state index is 1.38. The Kier molecular flexibility index (Phi) is 10.2. The van der Waals surface area contributed by atoms with E-state index in [0.717, 1.165) is 0 Å². The zero-order valence-electron chi connectivity index (χ0n) is 11.2. The average Bonchev–Trinajstić information content (AvgIpc) is 2.29. The summed E-state index contributed by atoms with van der Waals surface area (Å²) in [6.07, 6.45) is 22.0. The van der Waals surface area contributed by atoms with Gasteiger partial charge >= 0.3 is 0 Å². The lowest BCUT2D eigenvalue weighted by molar-refractivity contribution is 0.540. The van der Waals surface area contributed by atoms with Crippen LogP contribution in [0.3, 0.4) is 0 Å². The standard InChI is InChI=1S/C15H30B/c1-2-4-6-8-10-12-14-16-15-13-11-9-7-5-3-1/h1-15H2. The van der Waals surface area contributed by atoms with Crippen molar-refractivity contribution in [1.82, 2.24) is 0 Å². The van der Waals surface area contributed by atoms with Gasteiger partial charge in [0.1, 0.15) is 7.28 Å². The van der Waals surface area contributed by atoms with E-state index in [9.17, 15) is 0 Å². The van der Waals surface area contributed by atoms with Crippen LogP contribution >= 0.6 is 0 Å². The number of hydrogen-bond acceptors (Lipinski definition) is 0. The van der Waals surface area contributed by atoms with Crippen LogP contribution < -0.4 is 0 Å². The second-order valence-electron chi connectivity index (χ2n) is 5.46. The highest BCUT2D eigenvalue weighted by atomic mass is 14.0.